The number of amides is 2. The lowest BCUT2D eigenvalue weighted by molar-refractivity contribution is 0.190. The van der Waals surface area contributed by atoms with Gasteiger partial charge in [0.1, 0.15) is 5.82 Å². The minimum Gasteiger partial charge on any atom is -0.383 e. The van der Waals surface area contributed by atoms with Crippen LogP contribution < -0.4 is 16.0 Å². The van der Waals surface area contributed by atoms with E-state index in [0.29, 0.717) is 28.4 Å². The molecule has 0 spiro atoms. The van der Waals surface area contributed by atoms with Gasteiger partial charge in [-0.05, 0) is 30.7 Å². The zero-order valence-electron chi connectivity index (χ0n) is 13.8. The van der Waals surface area contributed by atoms with Gasteiger partial charge in [0.05, 0.1) is 6.61 Å². The number of methoxy groups -OCH3 is 1. The summed E-state index contributed by atoms with van der Waals surface area (Å²) < 4.78 is 5.04. The molecule has 7 nitrogen and oxygen atoms in total. The third-order valence-electron chi connectivity index (χ3n) is 3.14. The van der Waals surface area contributed by atoms with Crippen LogP contribution in [0.5, 0.6) is 0 Å². The van der Waals surface area contributed by atoms with Crippen LogP contribution in [0.1, 0.15) is 12.5 Å². The molecule has 0 saturated carbocycles. The van der Waals surface area contributed by atoms with Crippen LogP contribution in [0, 0.1) is 0 Å². The highest BCUT2D eigenvalue weighted by molar-refractivity contribution is 6.35. The van der Waals surface area contributed by atoms with Crippen molar-refractivity contribution < 1.29 is 9.53 Å². The highest BCUT2D eigenvalue weighted by atomic mass is 35.5. The molecule has 1 aromatic heterocycles. The largest absolute Gasteiger partial charge is 0.383 e. The summed E-state index contributed by atoms with van der Waals surface area (Å²) in [6.07, 6.45) is 1.56. The smallest absolute Gasteiger partial charge is 0.320 e. The molecule has 2 amide bonds. The number of hydrogen-bond donors (Lipinski definition) is 3. The van der Waals surface area contributed by atoms with Gasteiger partial charge in [-0.1, -0.05) is 29.3 Å². The zero-order chi connectivity index (χ0) is 18.2. The molecule has 0 aliphatic carbocycles. The number of halogens is 2. The molecule has 0 saturated heterocycles. The lowest BCUT2D eigenvalue weighted by atomic mass is 10.2. The molecule has 9 heteroatoms. The Hall–Kier alpha value is -2.09. The number of carbonyl (C=O) groups is 1. The van der Waals surface area contributed by atoms with Crippen molar-refractivity contribution in [2.24, 2.45) is 0 Å². The molecular weight excluding hydrogens is 365 g/mol. The predicted molar refractivity (Wildman–Crippen MR) is 99.3 cm³/mol. The van der Waals surface area contributed by atoms with E-state index in [2.05, 4.69) is 25.9 Å². The Balaban J connectivity index is 1.89. The number of ether oxygens (including phenoxy) is 1. The third kappa shape index (κ3) is 6.38. The molecule has 1 atom stereocenters. The van der Waals surface area contributed by atoms with Gasteiger partial charge in [0, 0.05) is 35.9 Å². The van der Waals surface area contributed by atoms with Gasteiger partial charge in [0.15, 0.2) is 0 Å². The number of urea groups is 1. The molecule has 0 fully saturated rings. The van der Waals surface area contributed by atoms with Crippen molar-refractivity contribution in [2.75, 3.05) is 24.4 Å². The number of nitrogens with one attached hydrogen (secondary N) is 3. The molecule has 0 radical (unpaired) electrons. The Bertz CT molecular complexity index is 729. The van der Waals surface area contributed by atoms with Gasteiger partial charge < -0.3 is 15.4 Å². The molecule has 0 unspecified atom stereocenters. The zero-order valence-corrected chi connectivity index (χ0v) is 15.4. The molecule has 1 aromatic carbocycles. The minimum atomic E-state index is -0.402. The molecule has 0 bridgehead atoms. The van der Waals surface area contributed by atoms with Crippen molar-refractivity contribution in [3.8, 4) is 0 Å². The van der Waals surface area contributed by atoms with Crippen LogP contribution in [-0.2, 0) is 11.3 Å². The van der Waals surface area contributed by atoms with Crippen molar-refractivity contribution in [3.05, 3.63) is 46.1 Å². The van der Waals surface area contributed by atoms with Gasteiger partial charge in [0.2, 0.25) is 5.95 Å². The standard InChI is InChI=1S/C16H19Cl2N5O2/c1-10(9-25-2)21-15-19-6-5-14(22-15)23-16(24)20-8-11-3-4-12(17)7-13(11)18/h3-7,10H,8-9H2,1-2H3,(H3,19,20,21,22,23,24)/t10-/m0/s1. The van der Waals surface area contributed by atoms with Gasteiger partial charge in [-0.2, -0.15) is 4.98 Å². The molecular formula is C16H19Cl2N5O2. The normalized spacial score (nSPS) is 11.7. The van der Waals surface area contributed by atoms with Crippen LogP contribution in [0.25, 0.3) is 0 Å². The topological polar surface area (TPSA) is 88.2 Å². The van der Waals surface area contributed by atoms with Gasteiger partial charge in [0.25, 0.3) is 0 Å². The summed E-state index contributed by atoms with van der Waals surface area (Å²) in [7, 11) is 1.62. The summed E-state index contributed by atoms with van der Waals surface area (Å²) in [6.45, 7) is 2.72. The molecule has 0 aliphatic rings. The molecule has 134 valence electrons. The third-order valence-corrected chi connectivity index (χ3v) is 3.73. The highest BCUT2D eigenvalue weighted by Crippen LogP contribution is 2.20. The number of hydrogen-bond acceptors (Lipinski definition) is 5. The average Bonchev–Trinajstić information content (AvgIpc) is 2.54. The first-order valence-corrected chi connectivity index (χ1v) is 8.31. The molecule has 2 rings (SSSR count). The maximum atomic E-state index is 12.0. The van der Waals surface area contributed by atoms with E-state index in [1.54, 1.807) is 37.6 Å². The van der Waals surface area contributed by atoms with Gasteiger partial charge in [-0.25, -0.2) is 9.78 Å². The lowest BCUT2D eigenvalue weighted by Crippen LogP contribution is -2.29. The molecule has 0 aliphatic heterocycles. The van der Waals surface area contributed by atoms with Gasteiger partial charge >= 0.3 is 6.03 Å². The Morgan fingerprint density at radius 3 is 2.84 bits per heavy atom. The van der Waals surface area contributed by atoms with Crippen LogP contribution in [0.4, 0.5) is 16.6 Å². The lowest BCUT2D eigenvalue weighted by Gasteiger charge is -2.13. The van der Waals surface area contributed by atoms with E-state index >= 15 is 0 Å². The number of carbonyl (C=O) groups excluding carboxylic acids is 1. The van der Waals surface area contributed by atoms with Gasteiger partial charge in [-0.15, -0.1) is 0 Å². The molecule has 1 heterocycles. The fourth-order valence-electron chi connectivity index (χ4n) is 2.01. The summed E-state index contributed by atoms with van der Waals surface area (Å²) in [5.41, 5.74) is 0.764. The maximum Gasteiger partial charge on any atom is 0.320 e. The van der Waals surface area contributed by atoms with Crippen LogP contribution >= 0.6 is 23.2 Å². The first-order chi connectivity index (χ1) is 12.0. The number of rotatable bonds is 7. The quantitative estimate of drug-likeness (QED) is 0.680. The second-order valence-corrected chi connectivity index (χ2v) is 6.15. The first-order valence-electron chi connectivity index (χ1n) is 7.55. The van der Waals surface area contributed by atoms with Crippen molar-refractivity contribution in [1.82, 2.24) is 15.3 Å². The van der Waals surface area contributed by atoms with Crippen LogP contribution in [0.2, 0.25) is 10.0 Å². The van der Waals surface area contributed by atoms with Gasteiger partial charge in [-0.3, -0.25) is 5.32 Å². The van der Waals surface area contributed by atoms with E-state index in [0.717, 1.165) is 5.56 Å². The molecule has 2 aromatic rings. The Kier molecular flexibility index (Phi) is 7.24. The summed E-state index contributed by atoms with van der Waals surface area (Å²) >= 11 is 11.9. The second kappa shape index (κ2) is 9.41. The van der Waals surface area contributed by atoms with E-state index in [-0.39, 0.29) is 12.6 Å². The van der Waals surface area contributed by atoms with E-state index in [9.17, 15) is 4.79 Å². The Labute approximate surface area is 156 Å². The van der Waals surface area contributed by atoms with Crippen LogP contribution in [0.15, 0.2) is 30.5 Å². The summed E-state index contributed by atoms with van der Waals surface area (Å²) in [5.74, 6) is 0.782. The van der Waals surface area contributed by atoms with E-state index < -0.39 is 6.03 Å². The number of benzene rings is 1. The fourth-order valence-corrected chi connectivity index (χ4v) is 2.49. The fraction of sp³-hybridized carbons (Fsp3) is 0.312. The monoisotopic (exact) mass is 383 g/mol. The van der Waals surface area contributed by atoms with E-state index in [1.165, 1.54) is 0 Å². The number of anilines is 2. The minimum absolute atomic E-state index is 0.0427. The predicted octanol–water partition coefficient (Wildman–Crippen LogP) is 3.55. The van der Waals surface area contributed by atoms with Crippen molar-refractivity contribution >= 4 is 41.0 Å². The highest BCUT2D eigenvalue weighted by Gasteiger charge is 2.08. The summed E-state index contributed by atoms with van der Waals surface area (Å²) in [6, 6.07) is 6.34. The molecule has 3 N–H and O–H groups in total. The van der Waals surface area contributed by atoms with E-state index in [1.807, 2.05) is 6.92 Å². The van der Waals surface area contributed by atoms with Crippen LogP contribution in [0.3, 0.4) is 0 Å². The first kappa shape index (κ1) is 19.2. The van der Waals surface area contributed by atoms with Crippen molar-refractivity contribution in [3.63, 3.8) is 0 Å². The SMILES string of the molecule is COC[C@H](C)Nc1nccc(NC(=O)NCc2ccc(Cl)cc2Cl)n1. The average molecular weight is 384 g/mol. The summed E-state index contributed by atoms with van der Waals surface area (Å²) in [5, 5.41) is 9.47. The molecule has 25 heavy (non-hydrogen) atoms. The van der Waals surface area contributed by atoms with E-state index in [4.69, 9.17) is 27.9 Å². The Morgan fingerprint density at radius 2 is 2.12 bits per heavy atom. The summed E-state index contributed by atoms with van der Waals surface area (Å²) in [4.78, 5) is 20.3. The number of aromatic nitrogens is 2. The van der Waals surface area contributed by atoms with Crippen molar-refractivity contribution in [2.45, 2.75) is 19.5 Å². The Morgan fingerprint density at radius 1 is 1.32 bits per heavy atom. The van der Waals surface area contributed by atoms with Crippen molar-refractivity contribution in [1.29, 1.82) is 0 Å². The maximum absolute atomic E-state index is 12.0. The van der Waals surface area contributed by atoms with Crippen LogP contribution in [-0.4, -0.2) is 35.8 Å². The number of nitrogens with zero attached hydrogens (tertiary/aromatic N) is 2. The second-order valence-electron chi connectivity index (χ2n) is 5.31.